The third-order valence-corrected chi connectivity index (χ3v) is 3.58. The van der Waals surface area contributed by atoms with Gasteiger partial charge >= 0.3 is 0 Å². The van der Waals surface area contributed by atoms with E-state index in [1.807, 2.05) is 6.92 Å². The number of nitrogens with two attached hydrogens (primary N) is 1. The van der Waals surface area contributed by atoms with Gasteiger partial charge in [-0.1, -0.05) is 0 Å². The van der Waals surface area contributed by atoms with Gasteiger partial charge in [-0.25, -0.2) is 0 Å². The molecule has 1 saturated heterocycles. The molecule has 1 heterocycles. The summed E-state index contributed by atoms with van der Waals surface area (Å²) in [7, 11) is 2.15. The first kappa shape index (κ1) is 13.9. The standard InChI is InChI=1S/C12H26N2O2/c1-10(8-12(2,13)9-15)14(3)11-4-6-16-7-5-11/h10-11,15H,4-9,13H2,1-3H3. The maximum absolute atomic E-state index is 9.17. The molecule has 3 N–H and O–H groups in total. The largest absolute Gasteiger partial charge is 0.394 e. The van der Waals surface area contributed by atoms with Gasteiger partial charge in [0.05, 0.1) is 6.61 Å². The first-order valence-corrected chi connectivity index (χ1v) is 6.16. The van der Waals surface area contributed by atoms with Gasteiger partial charge in [0.25, 0.3) is 0 Å². The lowest BCUT2D eigenvalue weighted by atomic mass is 9.94. The number of ether oxygens (including phenoxy) is 1. The van der Waals surface area contributed by atoms with Crippen LogP contribution in [0.1, 0.15) is 33.1 Å². The Labute approximate surface area is 98.8 Å². The molecule has 4 nitrogen and oxygen atoms in total. The lowest BCUT2D eigenvalue weighted by Crippen LogP contribution is -2.49. The summed E-state index contributed by atoms with van der Waals surface area (Å²) in [5.74, 6) is 0. The number of aliphatic hydroxyl groups excluding tert-OH is 1. The Hall–Kier alpha value is -0.160. The van der Waals surface area contributed by atoms with E-state index in [1.54, 1.807) is 0 Å². The number of nitrogens with zero attached hydrogens (tertiary/aromatic N) is 1. The van der Waals surface area contributed by atoms with Gasteiger partial charge in [0.1, 0.15) is 0 Å². The summed E-state index contributed by atoms with van der Waals surface area (Å²) in [5.41, 5.74) is 5.51. The van der Waals surface area contributed by atoms with Gasteiger partial charge < -0.3 is 20.5 Å². The van der Waals surface area contributed by atoms with Crippen molar-refractivity contribution >= 4 is 0 Å². The van der Waals surface area contributed by atoms with E-state index in [-0.39, 0.29) is 6.61 Å². The third-order valence-electron chi connectivity index (χ3n) is 3.58. The molecule has 0 aromatic heterocycles. The Morgan fingerprint density at radius 2 is 2.06 bits per heavy atom. The average molecular weight is 230 g/mol. The molecule has 2 atom stereocenters. The number of hydrogen-bond donors (Lipinski definition) is 2. The lowest BCUT2D eigenvalue weighted by molar-refractivity contribution is 0.0246. The van der Waals surface area contributed by atoms with Crippen molar-refractivity contribution < 1.29 is 9.84 Å². The zero-order valence-corrected chi connectivity index (χ0v) is 10.8. The zero-order chi connectivity index (χ0) is 12.2. The van der Waals surface area contributed by atoms with Crippen LogP contribution in [0.4, 0.5) is 0 Å². The molecule has 0 radical (unpaired) electrons. The zero-order valence-electron chi connectivity index (χ0n) is 10.8. The van der Waals surface area contributed by atoms with E-state index in [9.17, 15) is 5.11 Å². The van der Waals surface area contributed by atoms with Gasteiger partial charge in [0.15, 0.2) is 0 Å². The monoisotopic (exact) mass is 230 g/mol. The molecule has 0 bridgehead atoms. The Kier molecular flexibility index (Phi) is 5.18. The molecule has 1 aliphatic heterocycles. The predicted molar refractivity (Wildman–Crippen MR) is 65.4 cm³/mol. The second kappa shape index (κ2) is 5.96. The molecule has 0 amide bonds. The lowest BCUT2D eigenvalue weighted by Gasteiger charge is -2.38. The van der Waals surface area contributed by atoms with Crippen molar-refractivity contribution in [3.05, 3.63) is 0 Å². The molecule has 0 aromatic carbocycles. The molecule has 16 heavy (non-hydrogen) atoms. The quantitative estimate of drug-likeness (QED) is 0.725. The molecule has 1 aliphatic rings. The second-order valence-electron chi connectivity index (χ2n) is 5.37. The summed E-state index contributed by atoms with van der Waals surface area (Å²) in [6.45, 7) is 5.85. The van der Waals surface area contributed by atoms with Gasteiger partial charge in [0, 0.05) is 30.8 Å². The SMILES string of the molecule is CC(CC(C)(N)CO)N(C)C1CCOCC1. The maximum atomic E-state index is 9.17. The van der Waals surface area contributed by atoms with Crippen LogP contribution < -0.4 is 5.73 Å². The highest BCUT2D eigenvalue weighted by Gasteiger charge is 2.27. The van der Waals surface area contributed by atoms with Gasteiger partial charge in [0.2, 0.25) is 0 Å². The molecular weight excluding hydrogens is 204 g/mol. The fourth-order valence-corrected chi connectivity index (χ4v) is 2.34. The summed E-state index contributed by atoms with van der Waals surface area (Å²) >= 11 is 0. The van der Waals surface area contributed by atoms with Crippen LogP contribution in [-0.2, 0) is 4.74 Å². The highest BCUT2D eigenvalue weighted by Crippen LogP contribution is 2.19. The number of aliphatic hydroxyl groups is 1. The van der Waals surface area contributed by atoms with Gasteiger partial charge in [-0.15, -0.1) is 0 Å². The third kappa shape index (κ3) is 4.01. The van der Waals surface area contributed by atoms with E-state index in [0.717, 1.165) is 32.5 Å². The predicted octanol–water partition coefficient (Wildman–Crippen LogP) is 0.586. The van der Waals surface area contributed by atoms with Crippen LogP contribution in [0.25, 0.3) is 0 Å². The van der Waals surface area contributed by atoms with Crippen molar-refractivity contribution in [1.29, 1.82) is 0 Å². The van der Waals surface area contributed by atoms with Crippen LogP contribution >= 0.6 is 0 Å². The van der Waals surface area contributed by atoms with E-state index in [4.69, 9.17) is 10.5 Å². The highest BCUT2D eigenvalue weighted by molar-refractivity contribution is 4.85. The molecule has 2 unspecified atom stereocenters. The Morgan fingerprint density at radius 3 is 2.56 bits per heavy atom. The van der Waals surface area contributed by atoms with E-state index >= 15 is 0 Å². The van der Waals surface area contributed by atoms with E-state index in [1.165, 1.54) is 0 Å². The summed E-state index contributed by atoms with van der Waals surface area (Å²) < 4.78 is 5.36. The molecule has 0 saturated carbocycles. The van der Waals surface area contributed by atoms with Crippen LogP contribution in [0.3, 0.4) is 0 Å². The molecule has 1 fully saturated rings. The van der Waals surface area contributed by atoms with Gasteiger partial charge in [-0.2, -0.15) is 0 Å². The molecule has 0 spiro atoms. The second-order valence-corrected chi connectivity index (χ2v) is 5.37. The normalized spacial score (nSPS) is 24.4. The molecule has 1 rings (SSSR count). The van der Waals surface area contributed by atoms with E-state index in [0.29, 0.717) is 12.1 Å². The number of rotatable bonds is 5. The molecular formula is C12H26N2O2. The van der Waals surface area contributed by atoms with Crippen LogP contribution in [0.2, 0.25) is 0 Å². The first-order chi connectivity index (χ1) is 7.46. The molecule has 4 heteroatoms. The maximum Gasteiger partial charge on any atom is 0.0609 e. The van der Waals surface area contributed by atoms with Gasteiger partial charge in [-0.3, -0.25) is 0 Å². The topological polar surface area (TPSA) is 58.7 Å². The van der Waals surface area contributed by atoms with E-state index < -0.39 is 5.54 Å². The minimum atomic E-state index is -0.473. The van der Waals surface area contributed by atoms with Crippen LogP contribution in [0.5, 0.6) is 0 Å². The minimum Gasteiger partial charge on any atom is -0.394 e. The van der Waals surface area contributed by atoms with Crippen molar-refractivity contribution in [3.63, 3.8) is 0 Å². The molecule has 0 aliphatic carbocycles. The molecule has 0 aromatic rings. The summed E-state index contributed by atoms with van der Waals surface area (Å²) in [6.07, 6.45) is 3.01. The summed E-state index contributed by atoms with van der Waals surface area (Å²) in [4.78, 5) is 2.38. The average Bonchev–Trinajstić information content (AvgIpc) is 2.28. The Morgan fingerprint density at radius 1 is 1.50 bits per heavy atom. The van der Waals surface area contributed by atoms with E-state index in [2.05, 4.69) is 18.9 Å². The van der Waals surface area contributed by atoms with Crippen LogP contribution in [-0.4, -0.2) is 54.5 Å². The fourth-order valence-electron chi connectivity index (χ4n) is 2.34. The van der Waals surface area contributed by atoms with Gasteiger partial charge in [-0.05, 0) is 40.2 Å². The number of hydrogen-bond acceptors (Lipinski definition) is 4. The Bertz CT molecular complexity index is 203. The Balaban J connectivity index is 2.42. The highest BCUT2D eigenvalue weighted by atomic mass is 16.5. The van der Waals surface area contributed by atoms with Crippen molar-refractivity contribution in [1.82, 2.24) is 4.90 Å². The minimum absolute atomic E-state index is 0.0406. The first-order valence-electron chi connectivity index (χ1n) is 6.16. The van der Waals surface area contributed by atoms with Crippen LogP contribution in [0.15, 0.2) is 0 Å². The van der Waals surface area contributed by atoms with Crippen molar-refractivity contribution in [3.8, 4) is 0 Å². The molecule has 96 valence electrons. The smallest absolute Gasteiger partial charge is 0.0609 e. The van der Waals surface area contributed by atoms with Crippen molar-refractivity contribution in [2.45, 2.75) is 50.7 Å². The fraction of sp³-hybridized carbons (Fsp3) is 1.00. The summed E-state index contributed by atoms with van der Waals surface area (Å²) in [6, 6.07) is 0.989. The summed E-state index contributed by atoms with van der Waals surface area (Å²) in [5, 5.41) is 9.17. The van der Waals surface area contributed by atoms with Crippen LogP contribution in [0, 0.1) is 0 Å². The van der Waals surface area contributed by atoms with Crippen molar-refractivity contribution in [2.75, 3.05) is 26.9 Å². The van der Waals surface area contributed by atoms with Crippen molar-refractivity contribution in [2.24, 2.45) is 5.73 Å².